The first-order chi connectivity index (χ1) is 18.4. The number of carbonyl (C=O) groups excluding carboxylic acids is 3. The van der Waals surface area contributed by atoms with E-state index in [0.717, 1.165) is 17.7 Å². The molecule has 0 saturated carbocycles. The molecule has 0 radical (unpaired) electrons. The van der Waals surface area contributed by atoms with Gasteiger partial charge >= 0.3 is 12.0 Å². The van der Waals surface area contributed by atoms with Crippen molar-refractivity contribution >= 4 is 24.1 Å². The fourth-order valence-electron chi connectivity index (χ4n) is 3.63. The Hall–Kier alpha value is -4.54. The number of urea groups is 1. The number of ether oxygens (including phenoxy) is 4. The minimum absolute atomic E-state index is 0.193. The molecule has 3 amide bonds. The highest BCUT2D eigenvalue weighted by atomic mass is 16.5. The zero-order valence-corrected chi connectivity index (χ0v) is 21.8. The van der Waals surface area contributed by atoms with Gasteiger partial charge in [0.05, 0.1) is 38.2 Å². The molecule has 0 unspecified atom stereocenters. The maximum absolute atomic E-state index is 12.5. The minimum atomic E-state index is -0.754. The molecule has 3 N–H and O–H groups in total. The quantitative estimate of drug-likeness (QED) is 0.220. The van der Waals surface area contributed by atoms with E-state index in [1.807, 2.05) is 31.2 Å². The van der Waals surface area contributed by atoms with Gasteiger partial charge in [-0.05, 0) is 67.8 Å². The van der Waals surface area contributed by atoms with Gasteiger partial charge in [-0.1, -0.05) is 13.0 Å². The fourth-order valence-corrected chi connectivity index (χ4v) is 3.63. The predicted molar refractivity (Wildman–Crippen MR) is 140 cm³/mol. The third-order valence-electron chi connectivity index (χ3n) is 5.40. The van der Waals surface area contributed by atoms with E-state index in [1.54, 1.807) is 32.0 Å². The number of rotatable bonds is 12. The van der Waals surface area contributed by atoms with Crippen molar-refractivity contribution in [1.82, 2.24) is 16.1 Å². The van der Waals surface area contributed by atoms with Gasteiger partial charge in [0, 0.05) is 5.70 Å². The van der Waals surface area contributed by atoms with Crippen molar-refractivity contribution in [3.63, 3.8) is 0 Å². The summed E-state index contributed by atoms with van der Waals surface area (Å²) in [6.07, 6.45) is 2.44. The number of amides is 3. The fraction of sp³-hybridized carbons (Fsp3) is 0.333. The van der Waals surface area contributed by atoms with Gasteiger partial charge in [-0.15, -0.1) is 0 Å². The number of nitrogens with zero attached hydrogens (tertiary/aromatic N) is 1. The van der Waals surface area contributed by atoms with E-state index in [-0.39, 0.29) is 18.8 Å². The van der Waals surface area contributed by atoms with Crippen LogP contribution in [0.15, 0.2) is 58.8 Å². The first kappa shape index (κ1) is 28.0. The Bertz CT molecular complexity index is 1210. The van der Waals surface area contributed by atoms with Crippen LogP contribution in [-0.4, -0.2) is 51.1 Å². The van der Waals surface area contributed by atoms with Crippen LogP contribution in [-0.2, 0) is 14.3 Å². The van der Waals surface area contributed by atoms with Crippen molar-refractivity contribution < 1.29 is 33.3 Å². The highest BCUT2D eigenvalue weighted by Gasteiger charge is 2.32. The van der Waals surface area contributed by atoms with Crippen LogP contribution >= 0.6 is 0 Å². The molecule has 0 bridgehead atoms. The molecule has 0 saturated heterocycles. The topological polar surface area (TPSA) is 137 Å². The molecule has 1 atom stereocenters. The third kappa shape index (κ3) is 7.48. The highest BCUT2D eigenvalue weighted by molar-refractivity contribution is 5.95. The van der Waals surface area contributed by atoms with Gasteiger partial charge in [-0.2, -0.15) is 5.10 Å². The summed E-state index contributed by atoms with van der Waals surface area (Å²) in [5, 5.41) is 9.27. The summed E-state index contributed by atoms with van der Waals surface area (Å²) in [6.45, 7) is 5.90. The van der Waals surface area contributed by atoms with Crippen molar-refractivity contribution in [3.05, 3.63) is 64.9 Å². The Kier molecular flexibility index (Phi) is 10.1. The predicted octanol–water partition coefficient (Wildman–Crippen LogP) is 3.20. The first-order valence-corrected chi connectivity index (χ1v) is 12.2. The number of methoxy groups -OCH3 is 1. The lowest BCUT2D eigenvalue weighted by molar-refractivity contribution is -0.139. The molecule has 0 aliphatic carbocycles. The van der Waals surface area contributed by atoms with Crippen LogP contribution in [0.5, 0.6) is 17.2 Å². The third-order valence-corrected chi connectivity index (χ3v) is 5.40. The minimum Gasteiger partial charge on any atom is -0.494 e. The van der Waals surface area contributed by atoms with Crippen LogP contribution in [0, 0.1) is 0 Å². The van der Waals surface area contributed by atoms with Gasteiger partial charge < -0.3 is 29.6 Å². The van der Waals surface area contributed by atoms with Crippen molar-refractivity contribution in [2.75, 3.05) is 26.9 Å². The Morgan fingerprint density at radius 2 is 1.84 bits per heavy atom. The van der Waals surface area contributed by atoms with Gasteiger partial charge in [0.1, 0.15) is 5.75 Å². The number of allylic oxidation sites excluding steroid dienone is 1. The van der Waals surface area contributed by atoms with Crippen molar-refractivity contribution in [2.24, 2.45) is 5.10 Å². The number of carbonyl (C=O) groups is 3. The maximum Gasteiger partial charge on any atom is 0.338 e. The molecule has 0 aromatic heterocycles. The molecule has 1 heterocycles. The SMILES string of the molecule is CCCOc1ccc(/C=N\NC(=O)COc2ccc([C@@H]3NC(=O)NC(C)=C3C(=O)OCC)cc2OC)cc1. The van der Waals surface area contributed by atoms with Crippen molar-refractivity contribution in [2.45, 2.75) is 33.2 Å². The zero-order valence-electron chi connectivity index (χ0n) is 21.8. The van der Waals surface area contributed by atoms with Crippen LogP contribution in [0.3, 0.4) is 0 Å². The van der Waals surface area contributed by atoms with Gasteiger partial charge in [-0.25, -0.2) is 15.0 Å². The average Bonchev–Trinajstić information content (AvgIpc) is 2.91. The molecule has 0 spiro atoms. The second kappa shape index (κ2) is 13.7. The van der Waals surface area contributed by atoms with Crippen molar-refractivity contribution in [1.29, 1.82) is 0 Å². The van der Waals surface area contributed by atoms with Gasteiger partial charge in [0.15, 0.2) is 18.1 Å². The summed E-state index contributed by atoms with van der Waals surface area (Å²) in [4.78, 5) is 36.8. The summed E-state index contributed by atoms with van der Waals surface area (Å²) in [5.41, 5.74) is 4.46. The van der Waals surface area contributed by atoms with E-state index in [2.05, 4.69) is 21.2 Å². The standard InChI is InChI=1S/C27H32N4O7/c1-5-13-37-20-10-7-18(8-11-20)15-28-31-23(32)16-38-21-12-9-19(14-22(21)35-4)25-24(26(33)36-6-2)17(3)29-27(34)30-25/h7-12,14-15,25H,5-6,13,16H2,1-4H3,(H,31,32)(H2,29,30,34)/b28-15-/t25-/m0/s1. The first-order valence-electron chi connectivity index (χ1n) is 12.2. The maximum atomic E-state index is 12.5. The Labute approximate surface area is 221 Å². The molecule has 2 aromatic rings. The van der Waals surface area contributed by atoms with Crippen LogP contribution in [0.2, 0.25) is 0 Å². The Morgan fingerprint density at radius 3 is 2.53 bits per heavy atom. The lowest BCUT2D eigenvalue weighted by Gasteiger charge is -2.28. The number of hydrogen-bond acceptors (Lipinski definition) is 8. The van der Waals surface area contributed by atoms with E-state index in [4.69, 9.17) is 18.9 Å². The molecule has 1 aliphatic heterocycles. The second-order valence-electron chi connectivity index (χ2n) is 8.20. The normalized spacial score (nSPS) is 14.9. The van der Waals surface area contributed by atoms with Crippen LogP contribution < -0.4 is 30.3 Å². The number of nitrogens with one attached hydrogen (secondary N) is 3. The summed E-state index contributed by atoms with van der Waals surface area (Å²) < 4.78 is 21.7. The summed E-state index contributed by atoms with van der Waals surface area (Å²) in [7, 11) is 1.45. The second-order valence-corrected chi connectivity index (χ2v) is 8.20. The van der Waals surface area contributed by atoms with E-state index in [1.165, 1.54) is 13.3 Å². The number of benzene rings is 2. The van der Waals surface area contributed by atoms with E-state index < -0.39 is 23.9 Å². The van der Waals surface area contributed by atoms with Gasteiger partial charge in [0.2, 0.25) is 0 Å². The number of esters is 1. The Morgan fingerprint density at radius 1 is 1.08 bits per heavy atom. The molecule has 11 nitrogen and oxygen atoms in total. The van der Waals surface area contributed by atoms with E-state index in [9.17, 15) is 14.4 Å². The summed E-state index contributed by atoms with van der Waals surface area (Å²) >= 11 is 0. The van der Waals surface area contributed by atoms with Gasteiger partial charge in [-0.3, -0.25) is 4.79 Å². The Balaban J connectivity index is 1.62. The highest BCUT2D eigenvalue weighted by Crippen LogP contribution is 2.34. The average molecular weight is 525 g/mol. The molecule has 2 aromatic carbocycles. The van der Waals surface area contributed by atoms with Crippen LogP contribution in [0.4, 0.5) is 4.79 Å². The molecule has 3 rings (SSSR count). The molecular weight excluding hydrogens is 492 g/mol. The van der Waals surface area contributed by atoms with E-state index in [0.29, 0.717) is 29.4 Å². The largest absolute Gasteiger partial charge is 0.494 e. The summed E-state index contributed by atoms with van der Waals surface area (Å²) in [6, 6.07) is 11.0. The number of hydrazone groups is 1. The van der Waals surface area contributed by atoms with Crippen LogP contribution in [0.25, 0.3) is 0 Å². The molecule has 1 aliphatic rings. The molecule has 202 valence electrons. The molecule has 11 heteroatoms. The van der Waals surface area contributed by atoms with Crippen molar-refractivity contribution in [3.8, 4) is 17.2 Å². The van der Waals surface area contributed by atoms with Gasteiger partial charge in [0.25, 0.3) is 5.91 Å². The monoisotopic (exact) mass is 524 g/mol. The molecule has 0 fully saturated rings. The number of hydrogen-bond donors (Lipinski definition) is 3. The smallest absolute Gasteiger partial charge is 0.338 e. The van der Waals surface area contributed by atoms with Crippen LogP contribution in [0.1, 0.15) is 44.4 Å². The van der Waals surface area contributed by atoms with E-state index >= 15 is 0 Å². The lowest BCUT2D eigenvalue weighted by Crippen LogP contribution is -2.45. The molecule has 38 heavy (non-hydrogen) atoms. The lowest BCUT2D eigenvalue weighted by atomic mass is 9.95. The zero-order chi connectivity index (χ0) is 27.5. The molecular formula is C27H32N4O7. The summed E-state index contributed by atoms with van der Waals surface area (Å²) in [5.74, 6) is 0.380.